The fraction of sp³-hybridized carbons (Fsp3) is 0.429. The van der Waals surface area contributed by atoms with E-state index in [1.807, 2.05) is 24.5 Å². The van der Waals surface area contributed by atoms with Crippen LogP contribution in [0.15, 0.2) is 23.3 Å². The number of fused-ring (bicyclic) bond motifs is 1. The van der Waals surface area contributed by atoms with Crippen molar-refractivity contribution in [2.45, 2.75) is 26.8 Å². The summed E-state index contributed by atoms with van der Waals surface area (Å²) in [5, 5.41) is 6.31. The van der Waals surface area contributed by atoms with E-state index < -0.39 is 0 Å². The van der Waals surface area contributed by atoms with Crippen LogP contribution in [0.25, 0.3) is 10.9 Å². The maximum absolute atomic E-state index is 6.14. The molecule has 0 bridgehead atoms. The Morgan fingerprint density at radius 2 is 2.22 bits per heavy atom. The molecule has 1 aromatic carbocycles. The molecule has 0 saturated carbocycles. The first-order valence-corrected chi connectivity index (χ1v) is 6.54. The largest absolute Gasteiger partial charge is 0.301 e. The fourth-order valence-corrected chi connectivity index (χ4v) is 2.36. The molecule has 0 fully saturated rings. The molecule has 2 aromatic rings. The molecule has 3 nitrogen and oxygen atoms in total. The third-order valence-corrected chi connectivity index (χ3v) is 3.03. The number of nitrogens with zero attached hydrogens (tertiary/aromatic N) is 3. The number of hydrogen-bond acceptors (Lipinski definition) is 2. The van der Waals surface area contributed by atoms with Crippen LogP contribution >= 0.6 is 11.6 Å². The summed E-state index contributed by atoms with van der Waals surface area (Å²) in [6.45, 7) is 5.30. The van der Waals surface area contributed by atoms with E-state index >= 15 is 0 Å². The van der Waals surface area contributed by atoms with Gasteiger partial charge in [0.25, 0.3) is 0 Å². The van der Waals surface area contributed by atoms with Gasteiger partial charge in [0.2, 0.25) is 0 Å². The van der Waals surface area contributed by atoms with Gasteiger partial charge in [-0.05, 0) is 23.6 Å². The van der Waals surface area contributed by atoms with Gasteiger partial charge in [-0.25, -0.2) is 0 Å². The van der Waals surface area contributed by atoms with E-state index in [4.69, 9.17) is 11.6 Å². The second-order valence-electron chi connectivity index (χ2n) is 4.87. The van der Waals surface area contributed by atoms with E-state index in [0.29, 0.717) is 5.92 Å². The first-order valence-electron chi connectivity index (χ1n) is 6.16. The van der Waals surface area contributed by atoms with Crippen LogP contribution in [0, 0.1) is 5.92 Å². The van der Waals surface area contributed by atoms with Crippen LogP contribution in [-0.4, -0.2) is 23.0 Å². The highest BCUT2D eigenvalue weighted by Gasteiger charge is 2.10. The van der Waals surface area contributed by atoms with E-state index in [1.54, 1.807) is 7.05 Å². The predicted octanol–water partition coefficient (Wildman–Crippen LogP) is 3.59. The van der Waals surface area contributed by atoms with Gasteiger partial charge < -0.3 is 4.99 Å². The molecule has 4 heteroatoms. The molecule has 2 rings (SSSR count). The molecule has 0 N–H and O–H groups in total. The molecule has 0 atom stereocenters. The maximum atomic E-state index is 6.14. The van der Waals surface area contributed by atoms with Crippen molar-refractivity contribution in [3.05, 3.63) is 28.9 Å². The van der Waals surface area contributed by atoms with E-state index in [-0.39, 0.29) is 0 Å². The Morgan fingerprint density at radius 1 is 1.44 bits per heavy atom. The summed E-state index contributed by atoms with van der Waals surface area (Å²) in [4.78, 5) is 4.04. The van der Waals surface area contributed by atoms with Gasteiger partial charge in [-0.3, -0.25) is 4.68 Å². The molecule has 0 unspecified atom stereocenters. The van der Waals surface area contributed by atoms with Crippen LogP contribution in [0.5, 0.6) is 0 Å². The number of benzene rings is 1. The molecule has 0 aliphatic rings. The molecule has 0 saturated heterocycles. The van der Waals surface area contributed by atoms with Crippen molar-refractivity contribution in [1.82, 2.24) is 9.78 Å². The van der Waals surface area contributed by atoms with Gasteiger partial charge >= 0.3 is 0 Å². The van der Waals surface area contributed by atoms with Crippen LogP contribution in [0.2, 0.25) is 5.02 Å². The Morgan fingerprint density at radius 3 is 2.89 bits per heavy atom. The average Bonchev–Trinajstić information content (AvgIpc) is 2.68. The van der Waals surface area contributed by atoms with Gasteiger partial charge in [0, 0.05) is 36.6 Å². The van der Waals surface area contributed by atoms with Crippen LogP contribution < -0.4 is 0 Å². The molecule has 0 aliphatic heterocycles. The summed E-state index contributed by atoms with van der Waals surface area (Å²) in [5.41, 5.74) is 2.36. The number of hydrogen-bond donors (Lipinski definition) is 0. The molecule has 1 aromatic heterocycles. The highest BCUT2D eigenvalue weighted by Crippen LogP contribution is 2.24. The normalized spacial score (nSPS) is 12.1. The number of halogens is 1. The van der Waals surface area contributed by atoms with Gasteiger partial charge in [0.1, 0.15) is 0 Å². The Balaban J connectivity index is 2.54. The van der Waals surface area contributed by atoms with E-state index in [1.165, 1.54) is 11.1 Å². The van der Waals surface area contributed by atoms with Crippen molar-refractivity contribution in [2.75, 3.05) is 7.05 Å². The Labute approximate surface area is 112 Å². The van der Waals surface area contributed by atoms with Crippen LogP contribution in [0.4, 0.5) is 0 Å². The van der Waals surface area contributed by atoms with Gasteiger partial charge in [-0.1, -0.05) is 25.4 Å². The first-order chi connectivity index (χ1) is 8.61. The van der Waals surface area contributed by atoms with Gasteiger partial charge in [0.05, 0.1) is 11.7 Å². The van der Waals surface area contributed by atoms with Crippen LogP contribution in [0.1, 0.15) is 19.4 Å². The van der Waals surface area contributed by atoms with Crippen molar-refractivity contribution in [1.29, 1.82) is 0 Å². The third kappa shape index (κ3) is 2.72. The lowest BCUT2D eigenvalue weighted by molar-refractivity contribution is 0.494. The minimum atomic E-state index is 0.566. The summed E-state index contributed by atoms with van der Waals surface area (Å²) >= 11 is 6.14. The summed E-state index contributed by atoms with van der Waals surface area (Å²) < 4.78 is 2.06. The summed E-state index contributed by atoms with van der Waals surface area (Å²) in [5.74, 6) is 0.566. The van der Waals surface area contributed by atoms with Gasteiger partial charge in [-0.15, -0.1) is 0 Å². The molecule has 0 radical (unpaired) electrons. The van der Waals surface area contributed by atoms with Crippen molar-refractivity contribution in [3.63, 3.8) is 0 Å². The maximum Gasteiger partial charge on any atom is 0.0719 e. The average molecular weight is 264 g/mol. The molecule has 0 spiro atoms. The quantitative estimate of drug-likeness (QED) is 0.776. The lowest BCUT2D eigenvalue weighted by Gasteiger charge is -2.09. The molecule has 0 amide bonds. The van der Waals surface area contributed by atoms with Crippen molar-refractivity contribution in [3.8, 4) is 0 Å². The van der Waals surface area contributed by atoms with Crippen LogP contribution in [0.3, 0.4) is 0 Å². The van der Waals surface area contributed by atoms with E-state index in [0.717, 1.165) is 23.4 Å². The van der Waals surface area contributed by atoms with Crippen molar-refractivity contribution in [2.24, 2.45) is 10.9 Å². The topological polar surface area (TPSA) is 30.2 Å². The number of aliphatic imine (C=N–C) groups is 1. The number of aromatic nitrogens is 2. The minimum Gasteiger partial charge on any atom is -0.301 e. The second-order valence-corrected chi connectivity index (χ2v) is 5.30. The Bertz CT molecular complexity index is 570. The van der Waals surface area contributed by atoms with E-state index in [9.17, 15) is 0 Å². The number of rotatable bonds is 4. The van der Waals surface area contributed by atoms with Gasteiger partial charge in [-0.2, -0.15) is 5.10 Å². The molecular weight excluding hydrogens is 246 g/mol. The third-order valence-electron chi connectivity index (χ3n) is 2.81. The van der Waals surface area contributed by atoms with Crippen molar-refractivity contribution < 1.29 is 0 Å². The van der Waals surface area contributed by atoms with E-state index in [2.05, 4.69) is 28.6 Å². The second kappa shape index (κ2) is 5.53. The Kier molecular flexibility index (Phi) is 4.02. The molecular formula is C14H18ClN3. The van der Waals surface area contributed by atoms with Crippen molar-refractivity contribution >= 4 is 28.7 Å². The monoisotopic (exact) mass is 263 g/mol. The fourth-order valence-electron chi connectivity index (χ4n) is 2.11. The summed E-state index contributed by atoms with van der Waals surface area (Å²) in [7, 11) is 1.78. The lowest BCUT2D eigenvalue weighted by Crippen LogP contribution is -2.07. The first kappa shape index (κ1) is 13.1. The SMILES string of the molecule is CN=CCc1cc(Cl)cc2cnn(CC(C)C)c12. The van der Waals surface area contributed by atoms with Crippen LogP contribution in [-0.2, 0) is 13.0 Å². The lowest BCUT2D eigenvalue weighted by atomic mass is 10.1. The Hall–Kier alpha value is -1.35. The molecule has 96 valence electrons. The zero-order valence-corrected chi connectivity index (χ0v) is 11.8. The van der Waals surface area contributed by atoms with Gasteiger partial charge in [0.15, 0.2) is 0 Å². The summed E-state index contributed by atoms with van der Waals surface area (Å²) in [6.07, 6.45) is 4.57. The predicted molar refractivity (Wildman–Crippen MR) is 77.7 cm³/mol. The zero-order chi connectivity index (χ0) is 13.1. The zero-order valence-electron chi connectivity index (χ0n) is 11.0. The standard InChI is InChI=1S/C14H18ClN3/c1-10(2)9-18-14-11(4-5-16-3)6-13(15)7-12(14)8-17-18/h5-8,10H,4,9H2,1-3H3. The molecule has 1 heterocycles. The minimum absolute atomic E-state index is 0.566. The highest BCUT2D eigenvalue weighted by atomic mass is 35.5. The smallest absolute Gasteiger partial charge is 0.0719 e. The molecule has 18 heavy (non-hydrogen) atoms. The summed E-state index contributed by atoms with van der Waals surface area (Å²) in [6, 6.07) is 3.97. The highest BCUT2D eigenvalue weighted by molar-refractivity contribution is 6.31. The molecule has 0 aliphatic carbocycles.